The first-order chi connectivity index (χ1) is 8.24. The molecule has 0 fully saturated rings. The van der Waals surface area contributed by atoms with E-state index in [1.165, 1.54) is 23.9 Å². The maximum absolute atomic E-state index is 12.7. The van der Waals surface area contributed by atoms with Crippen molar-refractivity contribution in [1.82, 2.24) is 9.55 Å². The molecule has 0 aliphatic carbocycles. The minimum absolute atomic E-state index is 0.242. The van der Waals surface area contributed by atoms with Crippen LogP contribution in [0.2, 0.25) is 0 Å². The number of hydrogen-bond donors (Lipinski definition) is 1. The summed E-state index contributed by atoms with van der Waals surface area (Å²) in [5, 5.41) is 9.79. The second kappa shape index (κ2) is 5.84. The molecule has 2 rings (SSSR count). The van der Waals surface area contributed by atoms with E-state index in [2.05, 4.69) is 4.98 Å². The van der Waals surface area contributed by atoms with Crippen LogP contribution in [0.3, 0.4) is 0 Å². The van der Waals surface area contributed by atoms with Gasteiger partial charge in [0.1, 0.15) is 5.82 Å². The van der Waals surface area contributed by atoms with Crippen molar-refractivity contribution in [1.29, 1.82) is 0 Å². The monoisotopic (exact) mass is 252 g/mol. The number of aliphatic hydroxyl groups is 1. The van der Waals surface area contributed by atoms with Crippen molar-refractivity contribution in [3.05, 3.63) is 48.8 Å². The number of thioether (sulfide) groups is 1. The molecule has 1 atom stereocenters. The fourth-order valence-corrected chi connectivity index (χ4v) is 2.23. The summed E-state index contributed by atoms with van der Waals surface area (Å²) in [5.74, 6) is 0.331. The summed E-state index contributed by atoms with van der Waals surface area (Å²) in [6, 6.07) is 6.27. The van der Waals surface area contributed by atoms with Gasteiger partial charge in [0.15, 0.2) is 0 Å². The molecule has 2 aromatic rings. The maximum atomic E-state index is 12.7. The molecule has 0 radical (unpaired) electrons. The Morgan fingerprint density at radius 2 is 2.12 bits per heavy atom. The van der Waals surface area contributed by atoms with Crippen LogP contribution >= 0.6 is 11.8 Å². The number of aromatic nitrogens is 2. The summed E-state index contributed by atoms with van der Waals surface area (Å²) in [6.45, 7) is 0.522. The lowest BCUT2D eigenvalue weighted by atomic mass is 10.3. The molecular weight excluding hydrogens is 239 g/mol. The SMILES string of the molecule is OC(CSc1ccc(F)cc1)Cn1ccnc1. The minimum Gasteiger partial charge on any atom is -0.390 e. The Morgan fingerprint density at radius 1 is 1.35 bits per heavy atom. The van der Waals surface area contributed by atoms with Crippen molar-refractivity contribution >= 4 is 11.8 Å². The normalized spacial score (nSPS) is 12.6. The van der Waals surface area contributed by atoms with Gasteiger partial charge in [-0.05, 0) is 24.3 Å². The third kappa shape index (κ3) is 3.87. The van der Waals surface area contributed by atoms with Crippen LogP contribution in [-0.4, -0.2) is 26.5 Å². The lowest BCUT2D eigenvalue weighted by Crippen LogP contribution is -2.17. The van der Waals surface area contributed by atoms with E-state index in [4.69, 9.17) is 0 Å². The number of halogens is 1. The number of imidazole rings is 1. The Morgan fingerprint density at radius 3 is 2.76 bits per heavy atom. The summed E-state index contributed by atoms with van der Waals surface area (Å²) in [6.07, 6.45) is 4.72. The molecule has 0 amide bonds. The average Bonchev–Trinajstić information content (AvgIpc) is 2.81. The predicted molar refractivity (Wildman–Crippen MR) is 65.4 cm³/mol. The fourth-order valence-electron chi connectivity index (χ4n) is 1.41. The molecule has 0 saturated heterocycles. The highest BCUT2D eigenvalue weighted by atomic mass is 32.2. The van der Waals surface area contributed by atoms with Gasteiger partial charge >= 0.3 is 0 Å². The third-order valence-electron chi connectivity index (χ3n) is 2.24. The van der Waals surface area contributed by atoms with E-state index in [0.717, 1.165) is 4.90 Å². The second-order valence-corrected chi connectivity index (χ2v) is 4.77. The summed E-state index contributed by atoms with van der Waals surface area (Å²) >= 11 is 1.51. The Bertz CT molecular complexity index is 444. The Hall–Kier alpha value is -1.33. The average molecular weight is 252 g/mol. The van der Waals surface area contributed by atoms with E-state index in [9.17, 15) is 9.50 Å². The smallest absolute Gasteiger partial charge is 0.123 e. The van der Waals surface area contributed by atoms with Gasteiger partial charge in [-0.15, -0.1) is 11.8 Å². The Kier molecular flexibility index (Phi) is 4.17. The fraction of sp³-hybridized carbons (Fsp3) is 0.250. The topological polar surface area (TPSA) is 38.0 Å². The van der Waals surface area contributed by atoms with Crippen molar-refractivity contribution in [3.63, 3.8) is 0 Å². The minimum atomic E-state index is -0.445. The quantitative estimate of drug-likeness (QED) is 0.829. The Labute approximate surface area is 103 Å². The zero-order chi connectivity index (χ0) is 12.1. The highest BCUT2D eigenvalue weighted by Crippen LogP contribution is 2.19. The molecular formula is C12H13FN2OS. The number of hydrogen-bond acceptors (Lipinski definition) is 3. The molecule has 1 unspecified atom stereocenters. The molecule has 1 heterocycles. The van der Waals surface area contributed by atoms with E-state index < -0.39 is 6.10 Å². The van der Waals surface area contributed by atoms with Crippen LogP contribution in [0.4, 0.5) is 4.39 Å². The molecule has 0 aliphatic heterocycles. The first-order valence-corrected chi connectivity index (χ1v) is 6.25. The van der Waals surface area contributed by atoms with Crippen molar-refractivity contribution < 1.29 is 9.50 Å². The number of benzene rings is 1. The van der Waals surface area contributed by atoms with Gasteiger partial charge < -0.3 is 9.67 Å². The first kappa shape index (κ1) is 12.1. The first-order valence-electron chi connectivity index (χ1n) is 5.26. The van der Waals surface area contributed by atoms with Crippen molar-refractivity contribution in [2.45, 2.75) is 17.5 Å². The molecule has 0 bridgehead atoms. The molecule has 0 saturated carbocycles. The summed E-state index contributed by atoms with van der Waals surface area (Å²) in [7, 11) is 0. The van der Waals surface area contributed by atoms with Gasteiger partial charge in [-0.2, -0.15) is 0 Å². The zero-order valence-electron chi connectivity index (χ0n) is 9.16. The van der Waals surface area contributed by atoms with Crippen LogP contribution in [-0.2, 0) is 6.54 Å². The summed E-state index contributed by atoms with van der Waals surface area (Å²) in [5.41, 5.74) is 0. The van der Waals surface area contributed by atoms with E-state index in [1.807, 2.05) is 10.8 Å². The second-order valence-electron chi connectivity index (χ2n) is 3.68. The van der Waals surface area contributed by atoms with Gasteiger partial charge in [0.2, 0.25) is 0 Å². The number of nitrogens with zero attached hydrogens (tertiary/aromatic N) is 2. The lowest BCUT2D eigenvalue weighted by molar-refractivity contribution is 0.178. The number of rotatable bonds is 5. The van der Waals surface area contributed by atoms with Gasteiger partial charge in [-0.3, -0.25) is 0 Å². The summed E-state index contributed by atoms with van der Waals surface area (Å²) in [4.78, 5) is 4.86. The third-order valence-corrected chi connectivity index (χ3v) is 3.39. The van der Waals surface area contributed by atoms with Crippen LogP contribution in [0.1, 0.15) is 0 Å². The van der Waals surface area contributed by atoms with Crippen LogP contribution in [0.15, 0.2) is 47.9 Å². The Balaban J connectivity index is 1.79. The van der Waals surface area contributed by atoms with Crippen LogP contribution < -0.4 is 0 Å². The maximum Gasteiger partial charge on any atom is 0.123 e. The molecule has 17 heavy (non-hydrogen) atoms. The van der Waals surface area contributed by atoms with Gasteiger partial charge in [-0.1, -0.05) is 0 Å². The van der Waals surface area contributed by atoms with E-state index >= 15 is 0 Å². The van der Waals surface area contributed by atoms with E-state index in [1.54, 1.807) is 24.7 Å². The van der Waals surface area contributed by atoms with Crippen LogP contribution in [0.5, 0.6) is 0 Å². The number of aliphatic hydroxyl groups excluding tert-OH is 1. The van der Waals surface area contributed by atoms with Crippen molar-refractivity contribution in [2.24, 2.45) is 0 Å². The van der Waals surface area contributed by atoms with Gasteiger partial charge in [-0.25, -0.2) is 9.37 Å². The lowest BCUT2D eigenvalue weighted by Gasteiger charge is -2.10. The molecule has 1 aromatic carbocycles. The molecule has 3 nitrogen and oxygen atoms in total. The molecule has 90 valence electrons. The summed E-state index contributed by atoms with van der Waals surface area (Å²) < 4.78 is 14.5. The van der Waals surface area contributed by atoms with E-state index in [0.29, 0.717) is 12.3 Å². The van der Waals surface area contributed by atoms with Crippen LogP contribution in [0.25, 0.3) is 0 Å². The molecule has 0 aliphatic rings. The molecule has 0 spiro atoms. The van der Waals surface area contributed by atoms with Gasteiger partial charge in [0, 0.05) is 23.0 Å². The van der Waals surface area contributed by atoms with E-state index in [-0.39, 0.29) is 5.82 Å². The molecule has 1 N–H and O–H groups in total. The van der Waals surface area contributed by atoms with Crippen molar-refractivity contribution in [2.75, 3.05) is 5.75 Å². The van der Waals surface area contributed by atoms with Crippen LogP contribution in [0, 0.1) is 5.82 Å². The highest BCUT2D eigenvalue weighted by molar-refractivity contribution is 7.99. The highest BCUT2D eigenvalue weighted by Gasteiger charge is 2.05. The molecule has 5 heteroatoms. The van der Waals surface area contributed by atoms with Gasteiger partial charge in [0.25, 0.3) is 0 Å². The van der Waals surface area contributed by atoms with Gasteiger partial charge in [0.05, 0.1) is 19.0 Å². The largest absolute Gasteiger partial charge is 0.390 e. The van der Waals surface area contributed by atoms with Crippen molar-refractivity contribution in [3.8, 4) is 0 Å². The molecule has 1 aromatic heterocycles. The zero-order valence-corrected chi connectivity index (χ0v) is 9.98. The predicted octanol–water partition coefficient (Wildman–Crippen LogP) is 2.18. The standard InChI is InChI=1S/C12H13FN2OS/c13-10-1-3-12(4-2-10)17-8-11(16)7-15-6-5-14-9-15/h1-6,9,11,16H,7-8H2.